The van der Waals surface area contributed by atoms with Crippen molar-refractivity contribution in [3.05, 3.63) is 308 Å². The van der Waals surface area contributed by atoms with E-state index < -0.39 is 23.5 Å². The third-order valence-corrected chi connectivity index (χ3v) is 16.0. The zero-order chi connectivity index (χ0) is 57.8. The number of hydrogen-bond acceptors (Lipinski definition) is 2. The summed E-state index contributed by atoms with van der Waals surface area (Å²) in [6.07, 6.45) is -9.02. The van der Waals surface area contributed by atoms with Crippen molar-refractivity contribution in [2.24, 2.45) is 0 Å². The van der Waals surface area contributed by atoms with Crippen LogP contribution in [0.2, 0.25) is 0 Å². The number of benzene rings is 13. The molecule has 410 valence electrons. The van der Waals surface area contributed by atoms with Crippen molar-refractivity contribution in [3.63, 3.8) is 0 Å². The predicted octanol–water partition coefficient (Wildman–Crippen LogP) is 22.7. The van der Waals surface area contributed by atoms with Crippen molar-refractivity contribution < 1.29 is 26.3 Å². The standard InChI is InChI=1S/C76H49F6N3/c77-75(78,79)56-18-14-24-63(48-56)83(58-20-6-2-7-21-58)60-38-30-50(31-39-60)54-36-44-71-69(46-54)70-47-55(51-32-40-61(41-33-51)84(59-22-8-3-9-23-59)64-25-15-19-57(49-64)76(80,81)82)37-45-72(70)85(71)62-42-34-53(35-43-62)74-67-28-12-10-26-65(67)73(52-16-4-1-5-17-52)66-27-11-13-29-68(66)74/h1-49H. The molecule has 0 saturated carbocycles. The molecule has 14 rings (SSSR count). The second-order valence-corrected chi connectivity index (χ2v) is 21.1. The Morgan fingerprint density at radius 2 is 0.553 bits per heavy atom. The fourth-order valence-electron chi connectivity index (χ4n) is 12.1. The summed E-state index contributed by atoms with van der Waals surface area (Å²) in [5.74, 6) is 0. The summed E-state index contributed by atoms with van der Waals surface area (Å²) in [6.45, 7) is 0. The molecule has 0 atom stereocenters. The normalized spacial score (nSPS) is 11.9. The minimum absolute atomic E-state index is 0.383. The molecule has 0 spiro atoms. The van der Waals surface area contributed by atoms with E-state index in [1.54, 1.807) is 12.1 Å². The van der Waals surface area contributed by atoms with Gasteiger partial charge < -0.3 is 14.4 Å². The SMILES string of the molecule is FC(F)(F)c1cccc(N(c2ccccc2)c2ccc(-c3ccc4c(c3)c3cc(-c5ccc(N(c6ccccc6)c6cccc(C(F)(F)F)c6)cc5)ccc3n4-c3ccc(-c4c5ccccc5c(-c5ccccc5)c5ccccc45)cc3)cc2)c1. The molecule has 1 heterocycles. The molecule has 0 aliphatic heterocycles. The first-order valence-electron chi connectivity index (χ1n) is 27.9. The molecule has 0 unspecified atom stereocenters. The van der Waals surface area contributed by atoms with Crippen LogP contribution in [-0.4, -0.2) is 4.57 Å². The van der Waals surface area contributed by atoms with E-state index in [2.05, 4.69) is 138 Å². The van der Waals surface area contributed by atoms with E-state index in [1.165, 1.54) is 40.6 Å². The number of hydrogen-bond donors (Lipinski definition) is 0. The highest BCUT2D eigenvalue weighted by Crippen LogP contribution is 2.46. The number of fused-ring (bicyclic) bond motifs is 5. The Morgan fingerprint density at radius 3 is 0.941 bits per heavy atom. The minimum Gasteiger partial charge on any atom is -0.310 e. The largest absolute Gasteiger partial charge is 0.416 e. The van der Waals surface area contributed by atoms with E-state index in [4.69, 9.17) is 0 Å². The summed E-state index contributed by atoms with van der Waals surface area (Å²) in [6, 6.07) is 94.8. The molecule has 0 aliphatic carbocycles. The highest BCUT2D eigenvalue weighted by molar-refractivity contribution is 6.21. The van der Waals surface area contributed by atoms with E-state index in [1.807, 2.05) is 125 Å². The Balaban J connectivity index is 0.889. The smallest absolute Gasteiger partial charge is 0.310 e. The van der Waals surface area contributed by atoms with Crippen molar-refractivity contribution in [2.45, 2.75) is 12.4 Å². The van der Waals surface area contributed by atoms with Gasteiger partial charge in [-0.1, -0.05) is 176 Å². The van der Waals surface area contributed by atoms with Crippen LogP contribution in [0.3, 0.4) is 0 Å². The lowest BCUT2D eigenvalue weighted by Gasteiger charge is -2.26. The Morgan fingerprint density at radius 1 is 0.235 bits per heavy atom. The van der Waals surface area contributed by atoms with Crippen LogP contribution in [-0.2, 0) is 12.4 Å². The fraction of sp³-hybridized carbons (Fsp3) is 0.0263. The lowest BCUT2D eigenvalue weighted by molar-refractivity contribution is -0.138. The van der Waals surface area contributed by atoms with Gasteiger partial charge in [-0.2, -0.15) is 26.3 Å². The Bertz CT molecular complexity index is 4510. The molecule has 0 bridgehead atoms. The van der Waals surface area contributed by atoms with Gasteiger partial charge in [-0.3, -0.25) is 0 Å². The van der Waals surface area contributed by atoms with Gasteiger partial charge in [0.2, 0.25) is 0 Å². The van der Waals surface area contributed by atoms with Gasteiger partial charge in [0.1, 0.15) is 0 Å². The maximum atomic E-state index is 14.1. The van der Waals surface area contributed by atoms with Gasteiger partial charge in [-0.05, 0) is 187 Å². The van der Waals surface area contributed by atoms with Crippen LogP contribution >= 0.6 is 0 Å². The predicted molar refractivity (Wildman–Crippen MR) is 337 cm³/mol. The van der Waals surface area contributed by atoms with Gasteiger partial charge in [0.25, 0.3) is 0 Å². The van der Waals surface area contributed by atoms with E-state index in [-0.39, 0.29) is 0 Å². The third-order valence-electron chi connectivity index (χ3n) is 16.0. The van der Waals surface area contributed by atoms with Gasteiger partial charge in [0.15, 0.2) is 0 Å². The summed E-state index contributed by atoms with van der Waals surface area (Å²) in [5, 5.41) is 6.69. The first-order chi connectivity index (χ1) is 41.4. The molecular weight excluding hydrogens is 1070 g/mol. The van der Waals surface area contributed by atoms with Crippen molar-refractivity contribution >= 4 is 77.5 Å². The van der Waals surface area contributed by atoms with Crippen LogP contribution < -0.4 is 9.80 Å². The fourth-order valence-corrected chi connectivity index (χ4v) is 12.1. The van der Waals surface area contributed by atoms with Crippen molar-refractivity contribution in [3.8, 4) is 50.2 Å². The average molecular weight is 1120 g/mol. The molecule has 0 amide bonds. The minimum atomic E-state index is -4.51. The monoisotopic (exact) mass is 1120 g/mol. The first kappa shape index (κ1) is 52.4. The van der Waals surface area contributed by atoms with Crippen LogP contribution in [0.25, 0.3) is 93.5 Å². The van der Waals surface area contributed by atoms with Crippen molar-refractivity contribution in [1.82, 2.24) is 4.57 Å². The van der Waals surface area contributed by atoms with Gasteiger partial charge >= 0.3 is 12.4 Å². The highest BCUT2D eigenvalue weighted by Gasteiger charge is 2.32. The zero-order valence-electron chi connectivity index (χ0n) is 45.4. The van der Waals surface area contributed by atoms with E-state index >= 15 is 0 Å². The second kappa shape index (κ2) is 21.3. The van der Waals surface area contributed by atoms with Crippen LogP contribution in [0.4, 0.5) is 60.5 Å². The third kappa shape index (κ3) is 9.79. The van der Waals surface area contributed by atoms with Crippen LogP contribution in [0.15, 0.2) is 297 Å². The molecule has 0 fully saturated rings. The summed E-state index contributed by atoms with van der Waals surface area (Å²) in [5.41, 5.74) is 13.4. The lowest BCUT2D eigenvalue weighted by Crippen LogP contribution is -2.12. The molecule has 14 aromatic rings. The maximum absolute atomic E-state index is 14.1. The van der Waals surface area contributed by atoms with Crippen LogP contribution in [0, 0.1) is 0 Å². The Hall–Kier alpha value is -10.6. The topological polar surface area (TPSA) is 11.4 Å². The lowest BCUT2D eigenvalue weighted by atomic mass is 9.86. The Labute approximate surface area is 486 Å². The number of anilines is 6. The van der Waals surface area contributed by atoms with Crippen LogP contribution in [0.1, 0.15) is 11.1 Å². The van der Waals surface area contributed by atoms with Gasteiger partial charge in [0.05, 0.1) is 22.2 Å². The summed E-state index contributed by atoms with van der Waals surface area (Å²) >= 11 is 0. The molecule has 3 nitrogen and oxygen atoms in total. The average Bonchev–Trinajstić information content (AvgIpc) is 2.42. The van der Waals surface area contributed by atoms with Gasteiger partial charge in [-0.25, -0.2) is 0 Å². The highest BCUT2D eigenvalue weighted by atomic mass is 19.4. The Kier molecular flexibility index (Phi) is 13.1. The number of para-hydroxylation sites is 2. The first-order valence-corrected chi connectivity index (χ1v) is 27.9. The summed E-state index contributed by atoms with van der Waals surface area (Å²) in [7, 11) is 0. The van der Waals surface area contributed by atoms with E-state index in [9.17, 15) is 26.3 Å². The van der Waals surface area contributed by atoms with Crippen LogP contribution in [0.5, 0.6) is 0 Å². The molecule has 13 aromatic carbocycles. The number of aromatic nitrogens is 1. The van der Waals surface area contributed by atoms with Gasteiger partial charge in [0, 0.05) is 50.6 Å². The number of nitrogens with zero attached hydrogens (tertiary/aromatic N) is 3. The molecule has 85 heavy (non-hydrogen) atoms. The summed E-state index contributed by atoms with van der Waals surface area (Å²) < 4.78 is 86.7. The molecule has 1 aromatic heterocycles. The van der Waals surface area contributed by atoms with E-state index in [0.29, 0.717) is 34.1 Å². The number of rotatable bonds is 11. The van der Waals surface area contributed by atoms with Crippen molar-refractivity contribution in [1.29, 1.82) is 0 Å². The second-order valence-electron chi connectivity index (χ2n) is 21.1. The van der Waals surface area contributed by atoms with Gasteiger partial charge in [-0.15, -0.1) is 0 Å². The summed E-state index contributed by atoms with van der Waals surface area (Å²) in [4.78, 5) is 3.65. The quantitative estimate of drug-likeness (QED) is 0.0945. The molecular formula is C76H49F6N3. The van der Waals surface area contributed by atoms with Crippen molar-refractivity contribution in [2.75, 3.05) is 9.80 Å². The molecule has 0 aliphatic rings. The number of alkyl halides is 6. The molecule has 0 radical (unpaired) electrons. The zero-order valence-corrected chi connectivity index (χ0v) is 45.4. The molecule has 0 N–H and O–H groups in total. The number of halogens is 6. The maximum Gasteiger partial charge on any atom is 0.416 e. The van der Waals surface area contributed by atoms with E-state index in [0.717, 1.165) is 89.3 Å². The molecule has 0 saturated heterocycles. The molecule has 9 heteroatoms.